The number of nitrogens with two attached hydrogens (primary N) is 1. The fourth-order valence-corrected chi connectivity index (χ4v) is 1.48. The van der Waals surface area contributed by atoms with Gasteiger partial charge in [0.15, 0.2) is 11.5 Å². The first-order chi connectivity index (χ1) is 6.50. The molecule has 4 heteroatoms. The summed E-state index contributed by atoms with van der Waals surface area (Å²) in [6, 6.07) is 3.51. The molecule has 1 aliphatic rings. The minimum atomic E-state index is -0.592. The average molecular weight is 195 g/mol. The Morgan fingerprint density at radius 1 is 1.36 bits per heavy atom. The first kappa shape index (κ1) is 9.15. The SMILES string of the molecule is CC(C)(N)c1ccc2c(c1O)OCO2. The number of ether oxygens (including phenoxy) is 2. The molecule has 1 aromatic carbocycles. The molecule has 0 aliphatic carbocycles. The van der Waals surface area contributed by atoms with Crippen LogP contribution in [0.15, 0.2) is 12.1 Å². The number of phenols is 1. The molecule has 0 saturated heterocycles. The maximum Gasteiger partial charge on any atom is 0.231 e. The predicted molar refractivity (Wildman–Crippen MR) is 51.4 cm³/mol. The Labute approximate surface area is 82.2 Å². The van der Waals surface area contributed by atoms with Crippen molar-refractivity contribution in [1.29, 1.82) is 0 Å². The number of hydrogen-bond acceptors (Lipinski definition) is 4. The molecule has 14 heavy (non-hydrogen) atoms. The third-order valence-electron chi connectivity index (χ3n) is 2.21. The van der Waals surface area contributed by atoms with Crippen molar-refractivity contribution >= 4 is 0 Å². The van der Waals surface area contributed by atoms with Crippen molar-refractivity contribution in [3.05, 3.63) is 17.7 Å². The van der Waals surface area contributed by atoms with Gasteiger partial charge in [-0.15, -0.1) is 0 Å². The first-order valence-corrected chi connectivity index (χ1v) is 4.41. The van der Waals surface area contributed by atoms with Crippen molar-refractivity contribution in [2.75, 3.05) is 6.79 Å². The van der Waals surface area contributed by atoms with Gasteiger partial charge in [-0.25, -0.2) is 0 Å². The molecule has 3 N–H and O–H groups in total. The van der Waals surface area contributed by atoms with Crippen LogP contribution >= 0.6 is 0 Å². The molecule has 0 atom stereocenters. The van der Waals surface area contributed by atoms with E-state index in [0.717, 1.165) is 0 Å². The highest BCUT2D eigenvalue weighted by atomic mass is 16.7. The third-order valence-corrected chi connectivity index (χ3v) is 2.21. The number of phenolic OH excluding ortho intramolecular Hbond substituents is 1. The minimum Gasteiger partial charge on any atom is -0.504 e. The maximum absolute atomic E-state index is 9.86. The van der Waals surface area contributed by atoms with E-state index in [-0.39, 0.29) is 12.5 Å². The van der Waals surface area contributed by atoms with Crippen LogP contribution < -0.4 is 15.2 Å². The number of hydrogen-bond donors (Lipinski definition) is 2. The number of benzene rings is 1. The second kappa shape index (κ2) is 2.78. The Hall–Kier alpha value is -1.42. The summed E-state index contributed by atoms with van der Waals surface area (Å²) >= 11 is 0. The maximum atomic E-state index is 9.86. The molecule has 2 rings (SSSR count). The van der Waals surface area contributed by atoms with Crippen LogP contribution in [0.3, 0.4) is 0 Å². The molecule has 0 saturated carbocycles. The molecule has 0 unspecified atom stereocenters. The lowest BCUT2D eigenvalue weighted by molar-refractivity contribution is 0.171. The van der Waals surface area contributed by atoms with Gasteiger partial charge in [-0.1, -0.05) is 0 Å². The zero-order chi connectivity index (χ0) is 10.3. The van der Waals surface area contributed by atoms with Gasteiger partial charge >= 0.3 is 0 Å². The molecular formula is C10H13NO3. The molecule has 0 fully saturated rings. The molecule has 0 spiro atoms. The summed E-state index contributed by atoms with van der Waals surface area (Å²) in [4.78, 5) is 0. The van der Waals surface area contributed by atoms with Gasteiger partial charge in [-0.2, -0.15) is 0 Å². The van der Waals surface area contributed by atoms with Crippen LogP contribution in [0.2, 0.25) is 0 Å². The van der Waals surface area contributed by atoms with E-state index in [1.165, 1.54) is 0 Å². The van der Waals surface area contributed by atoms with E-state index >= 15 is 0 Å². The smallest absolute Gasteiger partial charge is 0.231 e. The molecular weight excluding hydrogens is 182 g/mol. The minimum absolute atomic E-state index is 0.0764. The third kappa shape index (κ3) is 1.28. The van der Waals surface area contributed by atoms with Gasteiger partial charge < -0.3 is 20.3 Å². The van der Waals surface area contributed by atoms with Crippen LogP contribution in [-0.2, 0) is 5.54 Å². The average Bonchev–Trinajstić information content (AvgIpc) is 2.50. The van der Waals surface area contributed by atoms with Gasteiger partial charge in [0, 0.05) is 11.1 Å². The van der Waals surface area contributed by atoms with E-state index < -0.39 is 5.54 Å². The lowest BCUT2D eigenvalue weighted by atomic mass is 9.94. The molecule has 0 amide bonds. The molecule has 1 aliphatic heterocycles. The summed E-state index contributed by atoms with van der Waals surface area (Å²) < 4.78 is 10.3. The fourth-order valence-electron chi connectivity index (χ4n) is 1.48. The summed E-state index contributed by atoms with van der Waals surface area (Å²) in [5, 5.41) is 9.86. The standard InChI is InChI=1S/C10H13NO3/c1-10(2,11)6-3-4-7-9(8(6)12)14-5-13-7/h3-4,12H,5,11H2,1-2H3. The molecule has 0 radical (unpaired) electrons. The van der Waals surface area contributed by atoms with Crippen LogP contribution in [0.4, 0.5) is 0 Å². The van der Waals surface area contributed by atoms with Crippen molar-refractivity contribution in [2.45, 2.75) is 19.4 Å². The van der Waals surface area contributed by atoms with Gasteiger partial charge in [0.1, 0.15) is 0 Å². The zero-order valence-electron chi connectivity index (χ0n) is 8.20. The van der Waals surface area contributed by atoms with Crippen molar-refractivity contribution in [3.63, 3.8) is 0 Å². The summed E-state index contributed by atoms with van der Waals surface area (Å²) in [7, 11) is 0. The van der Waals surface area contributed by atoms with Crippen LogP contribution in [0.25, 0.3) is 0 Å². The van der Waals surface area contributed by atoms with Crippen molar-refractivity contribution in [2.24, 2.45) is 5.73 Å². The highest BCUT2D eigenvalue weighted by Gasteiger charge is 2.26. The monoisotopic (exact) mass is 195 g/mol. The van der Waals surface area contributed by atoms with Crippen LogP contribution in [0.5, 0.6) is 17.2 Å². The fraction of sp³-hybridized carbons (Fsp3) is 0.400. The number of rotatable bonds is 1. The van der Waals surface area contributed by atoms with Gasteiger partial charge in [-0.3, -0.25) is 0 Å². The van der Waals surface area contributed by atoms with Crippen molar-refractivity contribution < 1.29 is 14.6 Å². The van der Waals surface area contributed by atoms with Crippen molar-refractivity contribution in [1.82, 2.24) is 0 Å². The number of aromatic hydroxyl groups is 1. The highest BCUT2D eigenvalue weighted by Crippen LogP contribution is 2.44. The summed E-state index contributed by atoms with van der Waals surface area (Å²) in [5.74, 6) is 1.03. The van der Waals surface area contributed by atoms with Gasteiger partial charge in [-0.05, 0) is 26.0 Å². The van der Waals surface area contributed by atoms with E-state index in [9.17, 15) is 5.11 Å². The Morgan fingerprint density at radius 2 is 2.07 bits per heavy atom. The van der Waals surface area contributed by atoms with E-state index in [2.05, 4.69) is 0 Å². The second-order valence-corrected chi connectivity index (χ2v) is 3.92. The molecule has 4 nitrogen and oxygen atoms in total. The second-order valence-electron chi connectivity index (χ2n) is 3.92. The van der Waals surface area contributed by atoms with Gasteiger partial charge in [0.05, 0.1) is 0 Å². The lowest BCUT2D eigenvalue weighted by Crippen LogP contribution is -2.28. The summed E-state index contributed by atoms with van der Waals surface area (Å²) in [5.41, 5.74) is 5.96. The molecule has 1 aromatic rings. The molecule has 76 valence electrons. The van der Waals surface area contributed by atoms with Crippen LogP contribution in [-0.4, -0.2) is 11.9 Å². The Balaban J connectivity index is 2.56. The topological polar surface area (TPSA) is 64.7 Å². The predicted octanol–water partition coefficient (Wildman–Crippen LogP) is 1.31. The Morgan fingerprint density at radius 3 is 2.71 bits per heavy atom. The van der Waals surface area contributed by atoms with Crippen LogP contribution in [0.1, 0.15) is 19.4 Å². The largest absolute Gasteiger partial charge is 0.504 e. The highest BCUT2D eigenvalue weighted by molar-refractivity contribution is 5.57. The Kier molecular flexibility index (Phi) is 1.82. The summed E-state index contributed by atoms with van der Waals surface area (Å²) in [6.07, 6.45) is 0. The summed E-state index contributed by atoms with van der Waals surface area (Å²) in [6.45, 7) is 3.80. The van der Waals surface area contributed by atoms with E-state index in [1.54, 1.807) is 12.1 Å². The van der Waals surface area contributed by atoms with Gasteiger partial charge in [0.2, 0.25) is 12.5 Å². The normalized spacial score (nSPS) is 14.5. The van der Waals surface area contributed by atoms with E-state index in [4.69, 9.17) is 15.2 Å². The van der Waals surface area contributed by atoms with Gasteiger partial charge in [0.25, 0.3) is 0 Å². The van der Waals surface area contributed by atoms with E-state index in [1.807, 2.05) is 13.8 Å². The molecule has 0 bridgehead atoms. The first-order valence-electron chi connectivity index (χ1n) is 4.41. The Bertz CT molecular complexity index is 368. The zero-order valence-corrected chi connectivity index (χ0v) is 8.20. The number of fused-ring (bicyclic) bond motifs is 1. The van der Waals surface area contributed by atoms with E-state index in [0.29, 0.717) is 17.1 Å². The molecule has 1 heterocycles. The van der Waals surface area contributed by atoms with Crippen LogP contribution in [0, 0.1) is 0 Å². The van der Waals surface area contributed by atoms with Crippen molar-refractivity contribution in [3.8, 4) is 17.2 Å². The quantitative estimate of drug-likeness (QED) is 0.709. The molecule has 0 aromatic heterocycles. The lowest BCUT2D eigenvalue weighted by Gasteiger charge is -2.20.